The Kier molecular flexibility index (Phi) is 5.86. The SMILES string of the molecule is CCc1c(F)cncc1NC(=O)CC(c1ccc(Cl)cc1)c1ccc2c(c1)OCO2. The fourth-order valence-corrected chi connectivity index (χ4v) is 3.69. The maximum Gasteiger partial charge on any atom is 0.231 e. The molecule has 0 saturated heterocycles. The Bertz CT molecular complexity index is 1070. The lowest BCUT2D eigenvalue weighted by molar-refractivity contribution is -0.116. The molecule has 0 saturated carbocycles. The van der Waals surface area contributed by atoms with Gasteiger partial charge in [-0.25, -0.2) is 4.39 Å². The van der Waals surface area contributed by atoms with Crippen LogP contribution in [0.3, 0.4) is 0 Å². The first kappa shape index (κ1) is 20.2. The predicted octanol–water partition coefficient (Wildman–Crippen LogP) is 5.33. The fourth-order valence-electron chi connectivity index (χ4n) is 3.57. The number of halogens is 2. The van der Waals surface area contributed by atoms with Crippen LogP contribution in [0, 0.1) is 5.82 Å². The van der Waals surface area contributed by atoms with Gasteiger partial charge < -0.3 is 14.8 Å². The lowest BCUT2D eigenvalue weighted by Gasteiger charge is -2.19. The summed E-state index contributed by atoms with van der Waals surface area (Å²) in [5, 5.41) is 3.43. The lowest BCUT2D eigenvalue weighted by atomic mass is 9.88. The molecular weight excluding hydrogens is 407 g/mol. The zero-order valence-corrected chi connectivity index (χ0v) is 17.1. The first-order valence-corrected chi connectivity index (χ1v) is 10.00. The van der Waals surface area contributed by atoms with Crippen molar-refractivity contribution in [2.24, 2.45) is 0 Å². The van der Waals surface area contributed by atoms with E-state index in [1.165, 1.54) is 6.20 Å². The van der Waals surface area contributed by atoms with E-state index in [4.69, 9.17) is 21.1 Å². The van der Waals surface area contributed by atoms with E-state index in [1.54, 1.807) is 12.1 Å². The number of hydrogen-bond acceptors (Lipinski definition) is 4. The highest BCUT2D eigenvalue weighted by molar-refractivity contribution is 6.30. The number of rotatable bonds is 6. The summed E-state index contributed by atoms with van der Waals surface area (Å²) in [6.45, 7) is 2.01. The van der Waals surface area contributed by atoms with E-state index in [-0.39, 0.29) is 25.0 Å². The fraction of sp³-hybridized carbons (Fsp3) is 0.217. The van der Waals surface area contributed by atoms with Gasteiger partial charge in [-0.05, 0) is 41.8 Å². The Morgan fingerprint density at radius 2 is 1.87 bits per heavy atom. The quantitative estimate of drug-likeness (QED) is 0.579. The van der Waals surface area contributed by atoms with Crippen LogP contribution in [0.5, 0.6) is 11.5 Å². The number of aromatic nitrogens is 1. The zero-order chi connectivity index (χ0) is 21.1. The van der Waals surface area contributed by atoms with Crippen LogP contribution in [0.1, 0.15) is 36.0 Å². The minimum absolute atomic E-state index is 0.154. The maximum atomic E-state index is 14.0. The molecule has 1 aromatic heterocycles. The molecule has 1 amide bonds. The Balaban J connectivity index is 1.62. The summed E-state index contributed by atoms with van der Waals surface area (Å²) in [4.78, 5) is 16.8. The highest BCUT2D eigenvalue weighted by atomic mass is 35.5. The molecule has 1 aliphatic rings. The van der Waals surface area contributed by atoms with Crippen molar-refractivity contribution in [1.82, 2.24) is 4.98 Å². The molecule has 2 aromatic carbocycles. The van der Waals surface area contributed by atoms with Crippen molar-refractivity contribution in [2.75, 3.05) is 12.1 Å². The number of carbonyl (C=O) groups is 1. The van der Waals surface area contributed by atoms with E-state index in [1.807, 2.05) is 37.3 Å². The molecule has 0 bridgehead atoms. The molecule has 0 radical (unpaired) electrons. The summed E-state index contributed by atoms with van der Waals surface area (Å²) >= 11 is 6.04. The van der Waals surface area contributed by atoms with E-state index in [9.17, 15) is 9.18 Å². The number of benzene rings is 2. The van der Waals surface area contributed by atoms with E-state index < -0.39 is 5.82 Å². The number of anilines is 1. The molecule has 2 heterocycles. The van der Waals surface area contributed by atoms with Crippen LogP contribution in [0.4, 0.5) is 10.1 Å². The normalized spacial score (nSPS) is 13.2. The second-order valence-electron chi connectivity index (χ2n) is 6.97. The van der Waals surface area contributed by atoms with Gasteiger partial charge in [-0.1, -0.05) is 36.7 Å². The van der Waals surface area contributed by atoms with Gasteiger partial charge in [-0.15, -0.1) is 0 Å². The summed E-state index contributed by atoms with van der Waals surface area (Å²) < 4.78 is 24.9. The third-order valence-corrected chi connectivity index (χ3v) is 5.35. The molecule has 1 N–H and O–H groups in total. The first-order valence-electron chi connectivity index (χ1n) is 9.62. The van der Waals surface area contributed by atoms with Gasteiger partial charge in [0, 0.05) is 22.9 Å². The van der Waals surface area contributed by atoms with Crippen molar-refractivity contribution < 1.29 is 18.7 Å². The molecule has 154 valence electrons. The second-order valence-corrected chi connectivity index (χ2v) is 7.41. The lowest BCUT2D eigenvalue weighted by Crippen LogP contribution is -2.18. The van der Waals surface area contributed by atoms with E-state index in [2.05, 4.69) is 10.3 Å². The van der Waals surface area contributed by atoms with Crippen LogP contribution in [0.15, 0.2) is 54.9 Å². The zero-order valence-electron chi connectivity index (χ0n) is 16.3. The van der Waals surface area contributed by atoms with E-state index in [0.717, 1.165) is 17.3 Å². The van der Waals surface area contributed by atoms with Crippen molar-refractivity contribution in [3.05, 3.63) is 82.4 Å². The van der Waals surface area contributed by atoms with Crippen LogP contribution < -0.4 is 14.8 Å². The molecular formula is C23H20ClFN2O3. The van der Waals surface area contributed by atoms with Gasteiger partial charge in [0.2, 0.25) is 12.7 Å². The van der Waals surface area contributed by atoms with Gasteiger partial charge in [0.05, 0.1) is 18.1 Å². The molecule has 0 spiro atoms. The van der Waals surface area contributed by atoms with Crippen LogP contribution >= 0.6 is 11.6 Å². The average Bonchev–Trinajstić information content (AvgIpc) is 3.21. The highest BCUT2D eigenvalue weighted by Gasteiger charge is 2.23. The molecule has 1 unspecified atom stereocenters. The van der Waals surface area contributed by atoms with Gasteiger partial charge in [0.15, 0.2) is 11.5 Å². The number of amides is 1. The summed E-state index contributed by atoms with van der Waals surface area (Å²) in [7, 11) is 0. The smallest absolute Gasteiger partial charge is 0.231 e. The molecule has 0 fully saturated rings. The molecule has 1 atom stereocenters. The van der Waals surface area contributed by atoms with Crippen molar-refractivity contribution in [3.8, 4) is 11.5 Å². The molecule has 30 heavy (non-hydrogen) atoms. The average molecular weight is 427 g/mol. The Morgan fingerprint density at radius 3 is 2.63 bits per heavy atom. The highest BCUT2D eigenvalue weighted by Crippen LogP contribution is 2.38. The topological polar surface area (TPSA) is 60.5 Å². The Hall–Kier alpha value is -3.12. The third kappa shape index (κ3) is 4.24. The van der Waals surface area contributed by atoms with Crippen LogP contribution in [-0.4, -0.2) is 17.7 Å². The number of carbonyl (C=O) groups excluding carboxylic acids is 1. The Morgan fingerprint density at radius 1 is 1.13 bits per heavy atom. The van der Waals surface area contributed by atoms with E-state index in [0.29, 0.717) is 34.2 Å². The number of nitrogens with zero attached hydrogens (tertiary/aromatic N) is 1. The first-order chi connectivity index (χ1) is 14.5. The summed E-state index contributed by atoms with van der Waals surface area (Å²) in [6, 6.07) is 13.0. The molecule has 4 rings (SSSR count). The summed E-state index contributed by atoms with van der Waals surface area (Å²) in [5.41, 5.74) is 2.67. The van der Waals surface area contributed by atoms with Crippen LogP contribution in [-0.2, 0) is 11.2 Å². The van der Waals surface area contributed by atoms with E-state index >= 15 is 0 Å². The number of nitrogens with one attached hydrogen (secondary N) is 1. The standard InChI is InChI=1S/C23H20ClFN2O3/c1-2-17-19(25)11-26-12-20(17)27-23(28)10-18(14-3-6-16(24)7-4-14)15-5-8-21-22(9-15)30-13-29-21/h3-9,11-12,18H,2,10,13H2,1H3,(H,27,28). The van der Waals surface area contributed by atoms with Gasteiger partial charge in [0.25, 0.3) is 0 Å². The van der Waals surface area contributed by atoms with Gasteiger partial charge in [0.1, 0.15) is 5.82 Å². The maximum absolute atomic E-state index is 14.0. The number of ether oxygens (including phenoxy) is 2. The Labute approximate surface area is 178 Å². The molecule has 1 aliphatic heterocycles. The van der Waals surface area contributed by atoms with Gasteiger partial charge >= 0.3 is 0 Å². The van der Waals surface area contributed by atoms with Crippen LogP contribution in [0.25, 0.3) is 0 Å². The van der Waals surface area contributed by atoms with Crippen molar-refractivity contribution in [3.63, 3.8) is 0 Å². The molecule has 0 aliphatic carbocycles. The minimum atomic E-state index is -0.430. The predicted molar refractivity (Wildman–Crippen MR) is 113 cm³/mol. The van der Waals surface area contributed by atoms with Crippen LogP contribution in [0.2, 0.25) is 5.02 Å². The summed E-state index contributed by atoms with van der Waals surface area (Å²) in [5.74, 6) is 0.407. The van der Waals surface area contributed by atoms with Gasteiger partial charge in [-0.2, -0.15) is 0 Å². The number of pyridine rings is 1. The largest absolute Gasteiger partial charge is 0.454 e. The second kappa shape index (κ2) is 8.71. The molecule has 3 aromatic rings. The molecule has 7 heteroatoms. The third-order valence-electron chi connectivity index (χ3n) is 5.09. The monoisotopic (exact) mass is 426 g/mol. The van der Waals surface area contributed by atoms with Crippen molar-refractivity contribution in [1.29, 1.82) is 0 Å². The summed E-state index contributed by atoms with van der Waals surface area (Å²) in [6.07, 6.45) is 3.23. The molecule has 5 nitrogen and oxygen atoms in total. The number of fused-ring (bicyclic) bond motifs is 1. The van der Waals surface area contributed by atoms with Crippen molar-refractivity contribution >= 4 is 23.2 Å². The number of hydrogen-bond donors (Lipinski definition) is 1. The minimum Gasteiger partial charge on any atom is -0.454 e. The van der Waals surface area contributed by atoms with Gasteiger partial charge in [-0.3, -0.25) is 9.78 Å². The van der Waals surface area contributed by atoms with Crippen molar-refractivity contribution in [2.45, 2.75) is 25.7 Å².